The van der Waals surface area contributed by atoms with Crippen LogP contribution in [0.5, 0.6) is 0 Å². The van der Waals surface area contributed by atoms with Crippen LogP contribution in [0.2, 0.25) is 0 Å². The Balaban J connectivity index is 1.68. The molecule has 0 spiro atoms. The lowest BCUT2D eigenvalue weighted by molar-refractivity contribution is -0.121. The van der Waals surface area contributed by atoms with Crippen LogP contribution in [0.1, 0.15) is 54.0 Å². The van der Waals surface area contributed by atoms with Crippen molar-refractivity contribution in [2.24, 2.45) is 5.73 Å². The minimum atomic E-state index is -0.142. The molecule has 3 amide bonds. The molecule has 0 atom stereocenters. The predicted molar refractivity (Wildman–Crippen MR) is 155 cm³/mol. The van der Waals surface area contributed by atoms with Crippen LogP contribution in [-0.2, 0) is 22.6 Å². The molecule has 1 aromatic heterocycles. The van der Waals surface area contributed by atoms with Crippen LogP contribution < -0.4 is 27.0 Å². The topological polar surface area (TPSA) is 146 Å². The molecule has 6 N–H and O–H groups in total. The summed E-state index contributed by atoms with van der Waals surface area (Å²) < 4.78 is 1.91. The van der Waals surface area contributed by atoms with Crippen molar-refractivity contribution < 1.29 is 14.4 Å². The summed E-state index contributed by atoms with van der Waals surface area (Å²) in [5, 5.41) is 16.4. The van der Waals surface area contributed by atoms with Gasteiger partial charge in [-0.15, -0.1) is 0 Å². The minimum absolute atomic E-state index is 0.0895. The fraction of sp³-hybridized carbons (Fsp3) is 0.571. The maximum absolute atomic E-state index is 12.5. The largest absolute Gasteiger partial charge is 0.356 e. The molecule has 216 valence electrons. The molecule has 0 fully saturated rings. The number of likely N-dealkylation sites (N-methyl/N-ethyl adjacent to an activating group) is 1. The lowest BCUT2D eigenvalue weighted by Crippen LogP contribution is -2.34. The summed E-state index contributed by atoms with van der Waals surface area (Å²) in [5.74, 6) is -0.363. The Bertz CT molecular complexity index is 1050. The third-order valence-electron chi connectivity index (χ3n) is 6.63. The molecule has 2 aromatic rings. The predicted octanol–water partition coefficient (Wildman–Crippen LogP) is 1.20. The molecular weight excluding hydrogens is 496 g/mol. The number of nitrogens with one attached hydrogen (secondary N) is 4. The van der Waals surface area contributed by atoms with Gasteiger partial charge in [-0.05, 0) is 57.6 Å². The molecule has 0 saturated carbocycles. The van der Waals surface area contributed by atoms with Gasteiger partial charge < -0.3 is 31.9 Å². The molecule has 0 radical (unpaired) electrons. The molecule has 0 saturated heterocycles. The number of aryl methyl sites for hydroxylation is 1. The van der Waals surface area contributed by atoms with Crippen molar-refractivity contribution in [2.75, 3.05) is 57.7 Å². The Hall–Kier alpha value is -3.28. The molecule has 0 bridgehead atoms. The zero-order chi connectivity index (χ0) is 28.6. The van der Waals surface area contributed by atoms with Crippen molar-refractivity contribution in [3.63, 3.8) is 0 Å². The van der Waals surface area contributed by atoms with Gasteiger partial charge in [-0.25, -0.2) is 0 Å². The van der Waals surface area contributed by atoms with E-state index in [-0.39, 0.29) is 30.6 Å². The molecule has 39 heavy (non-hydrogen) atoms. The third-order valence-corrected chi connectivity index (χ3v) is 6.63. The van der Waals surface area contributed by atoms with E-state index in [1.54, 1.807) is 24.3 Å². The monoisotopic (exact) mass is 542 g/mol. The van der Waals surface area contributed by atoms with Crippen molar-refractivity contribution in [3.8, 4) is 0 Å². The summed E-state index contributed by atoms with van der Waals surface area (Å²) in [4.78, 5) is 39.3. The standard InChI is InChI=1S/C28H46N8O3/c1-5-35(6-2)18-17-32-28(39)23-9-11-24(12-10-23)33-26(37)8-7-14-31-27(38)20-25-21(3)34-36(22(25)4)19-16-30-15-13-29/h9-12,30H,5-8,13-20,29H2,1-4H3,(H,31,38)(H,32,39)(H,33,37). The van der Waals surface area contributed by atoms with E-state index in [1.807, 2.05) is 18.5 Å². The maximum atomic E-state index is 12.5. The highest BCUT2D eigenvalue weighted by molar-refractivity contribution is 5.95. The van der Waals surface area contributed by atoms with Crippen LogP contribution in [0, 0.1) is 13.8 Å². The molecule has 1 aromatic carbocycles. The smallest absolute Gasteiger partial charge is 0.251 e. The average Bonchev–Trinajstić information content (AvgIpc) is 3.19. The highest BCUT2D eigenvalue weighted by Crippen LogP contribution is 2.14. The van der Waals surface area contributed by atoms with Gasteiger partial charge >= 0.3 is 0 Å². The van der Waals surface area contributed by atoms with Crippen LogP contribution in [0.25, 0.3) is 0 Å². The molecule has 0 aliphatic carbocycles. The maximum Gasteiger partial charge on any atom is 0.251 e. The summed E-state index contributed by atoms with van der Waals surface area (Å²) in [5.41, 5.74) is 9.45. The van der Waals surface area contributed by atoms with Gasteiger partial charge in [-0.1, -0.05) is 13.8 Å². The fourth-order valence-electron chi connectivity index (χ4n) is 4.22. The molecule has 0 aliphatic rings. The summed E-state index contributed by atoms with van der Waals surface area (Å²) in [7, 11) is 0. The van der Waals surface area contributed by atoms with Crippen LogP contribution in [-0.4, -0.2) is 84.8 Å². The van der Waals surface area contributed by atoms with E-state index in [4.69, 9.17) is 5.73 Å². The number of aromatic nitrogens is 2. The van der Waals surface area contributed by atoms with Crippen LogP contribution >= 0.6 is 0 Å². The molecule has 0 aliphatic heterocycles. The minimum Gasteiger partial charge on any atom is -0.356 e. The van der Waals surface area contributed by atoms with Gasteiger partial charge in [0.1, 0.15) is 0 Å². The number of carbonyl (C=O) groups excluding carboxylic acids is 3. The number of benzene rings is 1. The van der Waals surface area contributed by atoms with E-state index in [0.717, 1.165) is 56.2 Å². The van der Waals surface area contributed by atoms with Gasteiger partial charge in [0, 0.05) is 68.2 Å². The number of hydrogen-bond donors (Lipinski definition) is 5. The van der Waals surface area contributed by atoms with Crippen molar-refractivity contribution in [1.29, 1.82) is 0 Å². The van der Waals surface area contributed by atoms with Crippen LogP contribution in [0.15, 0.2) is 24.3 Å². The van der Waals surface area contributed by atoms with Crippen LogP contribution in [0.4, 0.5) is 5.69 Å². The Morgan fingerprint density at radius 3 is 2.33 bits per heavy atom. The van der Waals surface area contributed by atoms with Gasteiger partial charge in [-0.2, -0.15) is 5.10 Å². The highest BCUT2D eigenvalue weighted by atomic mass is 16.2. The Morgan fingerprint density at radius 1 is 0.949 bits per heavy atom. The summed E-state index contributed by atoms with van der Waals surface area (Å²) >= 11 is 0. The van der Waals surface area contributed by atoms with Gasteiger partial charge in [0.15, 0.2) is 0 Å². The normalized spacial score (nSPS) is 11.0. The van der Waals surface area contributed by atoms with E-state index in [2.05, 4.69) is 45.1 Å². The quantitative estimate of drug-likeness (QED) is 0.178. The first-order valence-electron chi connectivity index (χ1n) is 13.9. The number of rotatable bonds is 18. The Kier molecular flexibility index (Phi) is 14.2. The van der Waals surface area contributed by atoms with Gasteiger partial charge in [0.2, 0.25) is 11.8 Å². The molecule has 11 heteroatoms. The second kappa shape index (κ2) is 17.3. The number of nitrogens with two attached hydrogens (primary N) is 1. The van der Waals surface area contributed by atoms with E-state index in [0.29, 0.717) is 37.3 Å². The molecule has 0 unspecified atom stereocenters. The number of nitrogens with zero attached hydrogens (tertiary/aromatic N) is 3. The lowest BCUT2D eigenvalue weighted by Gasteiger charge is -2.18. The van der Waals surface area contributed by atoms with Crippen molar-refractivity contribution >= 4 is 23.4 Å². The first-order valence-corrected chi connectivity index (χ1v) is 13.9. The molecule has 2 rings (SSSR count). The molecular formula is C28H46N8O3. The zero-order valence-electron chi connectivity index (χ0n) is 23.9. The lowest BCUT2D eigenvalue weighted by atomic mass is 10.1. The zero-order valence-corrected chi connectivity index (χ0v) is 23.9. The van der Waals surface area contributed by atoms with Gasteiger partial charge in [-0.3, -0.25) is 19.1 Å². The summed E-state index contributed by atoms with van der Waals surface area (Å²) in [6.45, 7) is 14.6. The number of hydrogen-bond acceptors (Lipinski definition) is 7. The summed E-state index contributed by atoms with van der Waals surface area (Å²) in [6, 6.07) is 6.84. The molecule has 11 nitrogen and oxygen atoms in total. The second-order valence-corrected chi connectivity index (χ2v) is 9.45. The number of amides is 3. The van der Waals surface area contributed by atoms with E-state index < -0.39 is 0 Å². The van der Waals surface area contributed by atoms with E-state index in [9.17, 15) is 14.4 Å². The van der Waals surface area contributed by atoms with E-state index in [1.165, 1.54) is 0 Å². The SMILES string of the molecule is CCN(CC)CCNC(=O)c1ccc(NC(=O)CCCNC(=O)Cc2c(C)nn(CCNCCN)c2C)cc1. The van der Waals surface area contributed by atoms with E-state index >= 15 is 0 Å². The van der Waals surface area contributed by atoms with Gasteiger partial charge in [0.05, 0.1) is 18.7 Å². The highest BCUT2D eigenvalue weighted by Gasteiger charge is 2.15. The Morgan fingerprint density at radius 2 is 1.67 bits per heavy atom. The first-order chi connectivity index (χ1) is 18.8. The van der Waals surface area contributed by atoms with Crippen molar-refractivity contribution in [1.82, 2.24) is 30.6 Å². The number of anilines is 1. The third kappa shape index (κ3) is 11.2. The van der Waals surface area contributed by atoms with Crippen LogP contribution in [0.3, 0.4) is 0 Å². The summed E-state index contributed by atoms with van der Waals surface area (Å²) in [6.07, 6.45) is 1.06. The Labute approximate surface area is 232 Å². The van der Waals surface area contributed by atoms with Gasteiger partial charge in [0.25, 0.3) is 5.91 Å². The average molecular weight is 543 g/mol. The second-order valence-electron chi connectivity index (χ2n) is 9.45. The number of carbonyl (C=O) groups is 3. The van der Waals surface area contributed by atoms with Crippen molar-refractivity contribution in [3.05, 3.63) is 46.8 Å². The van der Waals surface area contributed by atoms with Crippen molar-refractivity contribution in [2.45, 2.75) is 53.5 Å². The first kappa shape index (κ1) is 31.9. The molecule has 1 heterocycles. The fourth-order valence-corrected chi connectivity index (χ4v) is 4.22.